The summed E-state index contributed by atoms with van der Waals surface area (Å²) in [7, 11) is 1.77. The first-order valence-corrected chi connectivity index (χ1v) is 11.4. The highest BCUT2D eigenvalue weighted by molar-refractivity contribution is 5.94. The van der Waals surface area contributed by atoms with Gasteiger partial charge in [0.2, 0.25) is 0 Å². The number of carbonyl (C=O) groups excluding carboxylic acids is 1. The summed E-state index contributed by atoms with van der Waals surface area (Å²) < 4.78 is 12.8. The lowest BCUT2D eigenvalue weighted by atomic mass is 9.84. The Labute approximate surface area is 198 Å². The van der Waals surface area contributed by atoms with Crippen LogP contribution in [0.15, 0.2) is 36.8 Å². The number of cyclic esters (lactones) is 1. The van der Waals surface area contributed by atoms with Gasteiger partial charge in [-0.3, -0.25) is 4.90 Å². The SMILES string of the molecule is COC1CC(c2ccc3c(c2C)COC3=O)CN(Cc2cnn(-c3cc(C)c(C#N)cn3)c2)C1. The van der Waals surface area contributed by atoms with Crippen molar-refractivity contribution in [2.45, 2.75) is 45.4 Å². The molecule has 0 amide bonds. The minimum absolute atomic E-state index is 0.127. The molecule has 5 rings (SSSR count). The number of nitrogens with zero attached hydrogens (tertiary/aromatic N) is 5. The monoisotopic (exact) mass is 457 g/mol. The number of pyridine rings is 1. The van der Waals surface area contributed by atoms with Crippen molar-refractivity contribution in [3.8, 4) is 11.9 Å². The van der Waals surface area contributed by atoms with Crippen molar-refractivity contribution < 1.29 is 14.3 Å². The first-order chi connectivity index (χ1) is 16.5. The molecule has 2 unspecified atom stereocenters. The van der Waals surface area contributed by atoms with Crippen LogP contribution in [0.3, 0.4) is 0 Å². The van der Waals surface area contributed by atoms with Gasteiger partial charge in [-0.2, -0.15) is 10.4 Å². The number of piperidine rings is 1. The van der Waals surface area contributed by atoms with E-state index >= 15 is 0 Å². The van der Waals surface area contributed by atoms with Crippen LogP contribution in [0.25, 0.3) is 5.82 Å². The van der Waals surface area contributed by atoms with Crippen molar-refractivity contribution >= 4 is 5.97 Å². The number of carbonyl (C=O) groups is 1. The lowest BCUT2D eigenvalue weighted by molar-refractivity contribution is 0.0192. The summed E-state index contributed by atoms with van der Waals surface area (Å²) in [5.74, 6) is 0.769. The summed E-state index contributed by atoms with van der Waals surface area (Å²) in [5.41, 5.74) is 6.65. The molecule has 2 aromatic heterocycles. The van der Waals surface area contributed by atoms with Crippen molar-refractivity contribution in [2.75, 3.05) is 20.2 Å². The molecule has 0 N–H and O–H groups in total. The Bertz CT molecular complexity index is 1290. The molecule has 1 fully saturated rings. The van der Waals surface area contributed by atoms with E-state index in [1.807, 2.05) is 31.5 Å². The van der Waals surface area contributed by atoms with Crippen molar-refractivity contribution in [1.29, 1.82) is 5.26 Å². The van der Waals surface area contributed by atoms with Gasteiger partial charge >= 0.3 is 5.97 Å². The highest BCUT2D eigenvalue weighted by atomic mass is 16.5. The van der Waals surface area contributed by atoms with Gasteiger partial charge in [0.05, 0.1) is 23.4 Å². The predicted octanol–water partition coefficient (Wildman–Crippen LogP) is 3.43. The number of rotatable bonds is 5. The highest BCUT2D eigenvalue weighted by Crippen LogP contribution is 2.35. The highest BCUT2D eigenvalue weighted by Gasteiger charge is 2.32. The smallest absolute Gasteiger partial charge is 0.338 e. The largest absolute Gasteiger partial charge is 0.457 e. The molecule has 2 aliphatic rings. The molecule has 0 aliphatic carbocycles. The number of esters is 1. The number of hydrogen-bond acceptors (Lipinski definition) is 7. The van der Waals surface area contributed by atoms with E-state index in [2.05, 4.69) is 34.0 Å². The maximum Gasteiger partial charge on any atom is 0.338 e. The van der Waals surface area contributed by atoms with Crippen molar-refractivity contribution in [3.63, 3.8) is 0 Å². The van der Waals surface area contributed by atoms with Crippen LogP contribution >= 0.6 is 0 Å². The van der Waals surface area contributed by atoms with Crippen LogP contribution in [0, 0.1) is 25.2 Å². The van der Waals surface area contributed by atoms with Crippen LogP contribution in [-0.4, -0.2) is 51.9 Å². The van der Waals surface area contributed by atoms with E-state index in [0.717, 1.165) is 48.3 Å². The van der Waals surface area contributed by atoms with Crippen molar-refractivity contribution in [3.05, 3.63) is 75.7 Å². The Hall–Kier alpha value is -3.54. The molecule has 0 bridgehead atoms. The van der Waals surface area contributed by atoms with Crippen LogP contribution in [-0.2, 0) is 22.6 Å². The zero-order valence-electron chi connectivity index (χ0n) is 19.6. The van der Waals surface area contributed by atoms with E-state index in [1.54, 1.807) is 18.0 Å². The lowest BCUT2D eigenvalue weighted by Crippen LogP contribution is -2.42. The number of nitriles is 1. The number of ether oxygens (including phenoxy) is 2. The molecule has 0 saturated carbocycles. The number of likely N-dealkylation sites (tertiary alicyclic amines) is 1. The Balaban J connectivity index is 1.35. The lowest BCUT2D eigenvalue weighted by Gasteiger charge is -2.38. The van der Waals surface area contributed by atoms with Gasteiger partial charge in [0, 0.05) is 50.3 Å². The van der Waals surface area contributed by atoms with E-state index in [4.69, 9.17) is 14.7 Å². The van der Waals surface area contributed by atoms with Gasteiger partial charge in [0.25, 0.3) is 0 Å². The van der Waals surface area contributed by atoms with E-state index in [-0.39, 0.29) is 12.1 Å². The Morgan fingerprint density at radius 1 is 1.26 bits per heavy atom. The fraction of sp³-hybridized carbons (Fsp3) is 0.385. The zero-order chi connectivity index (χ0) is 23.8. The third-order valence-corrected chi connectivity index (χ3v) is 6.96. The third kappa shape index (κ3) is 4.09. The molecule has 1 saturated heterocycles. The predicted molar refractivity (Wildman–Crippen MR) is 125 cm³/mol. The Morgan fingerprint density at radius 3 is 2.88 bits per heavy atom. The average Bonchev–Trinajstić information content (AvgIpc) is 3.46. The fourth-order valence-corrected chi connectivity index (χ4v) is 5.08. The molecule has 0 radical (unpaired) electrons. The summed E-state index contributed by atoms with van der Waals surface area (Å²) in [5, 5.41) is 13.6. The molecule has 8 heteroatoms. The van der Waals surface area contributed by atoms with E-state index in [9.17, 15) is 4.79 Å². The fourth-order valence-electron chi connectivity index (χ4n) is 5.08. The number of benzene rings is 1. The quantitative estimate of drug-likeness (QED) is 0.542. The van der Waals surface area contributed by atoms with Crippen molar-refractivity contribution in [2.24, 2.45) is 0 Å². The second-order valence-corrected chi connectivity index (χ2v) is 9.13. The molecule has 2 aliphatic heterocycles. The number of aryl methyl sites for hydroxylation is 1. The topological polar surface area (TPSA) is 93.3 Å². The summed E-state index contributed by atoms with van der Waals surface area (Å²) in [6, 6.07) is 8.01. The van der Waals surface area contributed by atoms with Gasteiger partial charge in [-0.25, -0.2) is 14.5 Å². The number of hydrogen-bond donors (Lipinski definition) is 0. The maximum atomic E-state index is 11.9. The summed E-state index contributed by atoms with van der Waals surface area (Å²) in [6.45, 7) is 6.84. The molecule has 174 valence electrons. The van der Waals surface area contributed by atoms with Gasteiger partial charge in [-0.1, -0.05) is 6.07 Å². The van der Waals surface area contributed by atoms with Gasteiger partial charge in [0.15, 0.2) is 5.82 Å². The molecule has 1 aromatic carbocycles. The molecule has 34 heavy (non-hydrogen) atoms. The van der Waals surface area contributed by atoms with Crippen LogP contribution < -0.4 is 0 Å². The van der Waals surface area contributed by atoms with Crippen LogP contribution in [0.1, 0.15) is 56.1 Å². The van der Waals surface area contributed by atoms with Gasteiger partial charge < -0.3 is 9.47 Å². The second-order valence-electron chi connectivity index (χ2n) is 9.13. The minimum Gasteiger partial charge on any atom is -0.457 e. The first kappa shape index (κ1) is 22.3. The zero-order valence-corrected chi connectivity index (χ0v) is 19.6. The molecule has 0 spiro atoms. The van der Waals surface area contributed by atoms with E-state index in [1.165, 1.54) is 5.56 Å². The van der Waals surface area contributed by atoms with Gasteiger partial charge in [-0.05, 0) is 55.0 Å². The molecular weight excluding hydrogens is 430 g/mol. The molecule has 2 atom stereocenters. The number of methoxy groups -OCH3 is 1. The standard InChI is InChI=1S/C26H27N5O3/c1-16-6-25(28-10-20(16)8-27)31-12-18(9-29-31)11-30-13-19(7-21(14-30)33-3)22-4-5-23-24(17(22)2)15-34-26(23)32/h4-6,9-10,12,19,21H,7,11,13-15H2,1-3H3. The first-order valence-electron chi connectivity index (χ1n) is 11.4. The summed E-state index contributed by atoms with van der Waals surface area (Å²) in [6.07, 6.45) is 6.51. The van der Waals surface area contributed by atoms with Crippen LogP contribution in [0.2, 0.25) is 0 Å². The maximum absolute atomic E-state index is 11.9. The average molecular weight is 458 g/mol. The third-order valence-electron chi connectivity index (χ3n) is 6.96. The van der Waals surface area contributed by atoms with Crippen molar-refractivity contribution in [1.82, 2.24) is 19.7 Å². The van der Waals surface area contributed by atoms with Gasteiger partial charge in [-0.15, -0.1) is 0 Å². The van der Waals surface area contributed by atoms with E-state index < -0.39 is 0 Å². The molecular formula is C26H27N5O3. The summed E-state index contributed by atoms with van der Waals surface area (Å²) in [4.78, 5) is 18.7. The van der Waals surface area contributed by atoms with Crippen LogP contribution in [0.5, 0.6) is 0 Å². The normalized spacial score (nSPS) is 20.1. The molecule has 8 nitrogen and oxygen atoms in total. The van der Waals surface area contributed by atoms with Crippen LogP contribution in [0.4, 0.5) is 0 Å². The Morgan fingerprint density at radius 2 is 2.12 bits per heavy atom. The Kier molecular flexibility index (Phi) is 5.90. The second kappa shape index (κ2) is 9.01. The summed E-state index contributed by atoms with van der Waals surface area (Å²) >= 11 is 0. The molecule has 4 heterocycles. The van der Waals surface area contributed by atoms with Gasteiger partial charge in [0.1, 0.15) is 12.7 Å². The molecule has 3 aromatic rings. The van der Waals surface area contributed by atoms with E-state index in [0.29, 0.717) is 29.5 Å². The number of fused-ring (bicyclic) bond motifs is 1. The number of aromatic nitrogens is 3. The minimum atomic E-state index is -0.228.